The van der Waals surface area contributed by atoms with Crippen LogP contribution in [-0.4, -0.2) is 37.1 Å². The van der Waals surface area contributed by atoms with Gasteiger partial charge in [-0.3, -0.25) is 9.59 Å². The summed E-state index contributed by atoms with van der Waals surface area (Å²) in [7, 11) is 0. The molecule has 7 heteroatoms. The number of hydrogen-bond acceptors (Lipinski definition) is 4. The number of rotatable bonds is 2. The fourth-order valence-electron chi connectivity index (χ4n) is 3.77. The molecule has 0 radical (unpaired) electrons. The van der Waals surface area contributed by atoms with Gasteiger partial charge in [0.05, 0.1) is 12.1 Å². The summed E-state index contributed by atoms with van der Waals surface area (Å²) in [5.74, 6) is 2.31. The van der Waals surface area contributed by atoms with Crippen LogP contribution in [-0.2, 0) is 13.1 Å². The molecule has 0 saturated heterocycles. The summed E-state index contributed by atoms with van der Waals surface area (Å²) in [6.07, 6.45) is 2.36. The summed E-state index contributed by atoms with van der Waals surface area (Å²) in [6, 6.07) is 7.43. The van der Waals surface area contributed by atoms with Crippen molar-refractivity contribution in [3.05, 3.63) is 57.4 Å². The minimum absolute atomic E-state index is 0.118. The van der Waals surface area contributed by atoms with E-state index in [1.165, 1.54) is 12.8 Å². The molecule has 1 amide bonds. The first kappa shape index (κ1) is 15.3. The maximum atomic E-state index is 13.3. The Labute approximate surface area is 149 Å². The van der Waals surface area contributed by atoms with E-state index >= 15 is 0 Å². The number of aromatic nitrogens is 4. The summed E-state index contributed by atoms with van der Waals surface area (Å²) >= 11 is 0. The van der Waals surface area contributed by atoms with Gasteiger partial charge in [0, 0.05) is 35.5 Å². The van der Waals surface area contributed by atoms with Crippen molar-refractivity contribution in [1.82, 2.24) is 24.6 Å². The number of benzene rings is 1. The number of fused-ring (bicyclic) bond motifs is 2. The molecule has 2 aromatic heterocycles. The SMILES string of the molecule is Cc1c(C(=O)N2CCn3c(nnc3C3CC3)C2)c2ccccc2[nH]c1=O. The number of para-hydroxylation sites is 1. The van der Waals surface area contributed by atoms with E-state index in [-0.39, 0.29) is 11.5 Å². The Morgan fingerprint density at radius 3 is 2.81 bits per heavy atom. The van der Waals surface area contributed by atoms with Crippen LogP contribution in [0.2, 0.25) is 0 Å². The third kappa shape index (κ3) is 2.27. The Kier molecular flexibility index (Phi) is 3.25. The predicted octanol–water partition coefficient (Wildman–Crippen LogP) is 1.96. The molecule has 0 spiro atoms. The lowest BCUT2D eigenvalue weighted by atomic mass is 10.0. The molecule has 1 N–H and O–H groups in total. The lowest BCUT2D eigenvalue weighted by Gasteiger charge is -2.28. The fourth-order valence-corrected chi connectivity index (χ4v) is 3.77. The lowest BCUT2D eigenvalue weighted by molar-refractivity contribution is 0.0707. The topological polar surface area (TPSA) is 83.9 Å². The van der Waals surface area contributed by atoms with Crippen molar-refractivity contribution in [2.75, 3.05) is 6.54 Å². The molecule has 1 aliphatic heterocycles. The zero-order valence-electron chi connectivity index (χ0n) is 14.5. The highest BCUT2D eigenvalue weighted by Crippen LogP contribution is 2.39. The number of pyridine rings is 1. The molecule has 0 unspecified atom stereocenters. The van der Waals surface area contributed by atoms with E-state index in [0.29, 0.717) is 42.2 Å². The van der Waals surface area contributed by atoms with Crippen LogP contribution < -0.4 is 5.56 Å². The van der Waals surface area contributed by atoms with Crippen LogP contribution >= 0.6 is 0 Å². The quantitative estimate of drug-likeness (QED) is 0.766. The van der Waals surface area contributed by atoms with Gasteiger partial charge in [0.2, 0.25) is 0 Å². The molecule has 26 heavy (non-hydrogen) atoms. The van der Waals surface area contributed by atoms with Gasteiger partial charge in [0.1, 0.15) is 5.82 Å². The van der Waals surface area contributed by atoms with E-state index in [0.717, 1.165) is 17.0 Å². The van der Waals surface area contributed by atoms with Crippen LogP contribution in [0.3, 0.4) is 0 Å². The van der Waals surface area contributed by atoms with Crippen molar-refractivity contribution in [1.29, 1.82) is 0 Å². The molecule has 1 fully saturated rings. The van der Waals surface area contributed by atoms with Gasteiger partial charge in [-0.15, -0.1) is 10.2 Å². The first-order valence-electron chi connectivity index (χ1n) is 8.96. The first-order valence-corrected chi connectivity index (χ1v) is 8.96. The van der Waals surface area contributed by atoms with Gasteiger partial charge in [-0.05, 0) is 25.8 Å². The van der Waals surface area contributed by atoms with Crippen molar-refractivity contribution >= 4 is 16.8 Å². The van der Waals surface area contributed by atoms with Crippen molar-refractivity contribution in [2.24, 2.45) is 0 Å². The molecule has 3 heterocycles. The molecule has 1 aliphatic carbocycles. The summed E-state index contributed by atoms with van der Waals surface area (Å²) < 4.78 is 2.16. The van der Waals surface area contributed by atoms with Crippen LogP contribution in [0.4, 0.5) is 0 Å². The Bertz CT molecular complexity index is 1090. The number of aromatic amines is 1. The highest BCUT2D eigenvalue weighted by Gasteiger charge is 2.33. The molecule has 5 rings (SSSR count). The van der Waals surface area contributed by atoms with Crippen LogP contribution in [0.1, 0.15) is 46.3 Å². The summed E-state index contributed by atoms with van der Waals surface area (Å²) in [6.45, 7) is 3.44. The minimum Gasteiger partial charge on any atom is -0.329 e. The zero-order chi connectivity index (χ0) is 17.8. The van der Waals surface area contributed by atoms with Crippen LogP contribution in [0.25, 0.3) is 10.9 Å². The Morgan fingerprint density at radius 2 is 2.00 bits per heavy atom. The third-order valence-electron chi connectivity index (χ3n) is 5.39. The third-order valence-corrected chi connectivity index (χ3v) is 5.39. The van der Waals surface area contributed by atoms with Gasteiger partial charge < -0.3 is 14.5 Å². The van der Waals surface area contributed by atoms with Crippen molar-refractivity contribution in [3.8, 4) is 0 Å². The first-order chi connectivity index (χ1) is 12.6. The fraction of sp³-hybridized carbons (Fsp3) is 0.368. The smallest absolute Gasteiger partial charge is 0.255 e. The average Bonchev–Trinajstić information content (AvgIpc) is 3.41. The molecule has 0 bridgehead atoms. The molecule has 1 aromatic carbocycles. The number of nitrogens with one attached hydrogen (secondary N) is 1. The number of carbonyl (C=O) groups is 1. The van der Waals surface area contributed by atoms with E-state index in [4.69, 9.17) is 0 Å². The Balaban J connectivity index is 1.54. The van der Waals surface area contributed by atoms with Crippen molar-refractivity contribution in [3.63, 3.8) is 0 Å². The maximum absolute atomic E-state index is 13.3. The van der Waals surface area contributed by atoms with Gasteiger partial charge in [0.25, 0.3) is 11.5 Å². The average molecular weight is 349 g/mol. The zero-order valence-corrected chi connectivity index (χ0v) is 14.5. The highest BCUT2D eigenvalue weighted by molar-refractivity contribution is 6.07. The van der Waals surface area contributed by atoms with E-state index in [2.05, 4.69) is 19.7 Å². The number of carbonyl (C=O) groups excluding carboxylic acids is 1. The number of hydrogen-bond donors (Lipinski definition) is 1. The number of H-pyrrole nitrogens is 1. The second kappa shape index (κ2) is 5.52. The normalized spacial score (nSPS) is 16.7. The summed E-state index contributed by atoms with van der Waals surface area (Å²) in [5.41, 5.74) is 1.41. The molecular weight excluding hydrogens is 330 g/mol. The largest absolute Gasteiger partial charge is 0.329 e. The maximum Gasteiger partial charge on any atom is 0.255 e. The van der Waals surface area contributed by atoms with Crippen molar-refractivity contribution < 1.29 is 4.79 Å². The second-order valence-electron chi connectivity index (χ2n) is 7.13. The number of amides is 1. The van der Waals surface area contributed by atoms with Gasteiger partial charge in [-0.1, -0.05) is 18.2 Å². The summed E-state index contributed by atoms with van der Waals surface area (Å²) in [5, 5.41) is 9.40. The standard InChI is InChI=1S/C19H19N5O2/c1-11-16(13-4-2-3-5-14(13)20-18(11)25)19(26)23-8-9-24-15(10-23)21-22-17(24)12-6-7-12/h2-5,12H,6-10H2,1H3,(H,20,25). The lowest BCUT2D eigenvalue weighted by Crippen LogP contribution is -2.39. The van der Waals surface area contributed by atoms with E-state index < -0.39 is 0 Å². The number of nitrogens with zero attached hydrogens (tertiary/aromatic N) is 4. The van der Waals surface area contributed by atoms with E-state index in [9.17, 15) is 9.59 Å². The highest BCUT2D eigenvalue weighted by atomic mass is 16.2. The monoisotopic (exact) mass is 349 g/mol. The van der Waals surface area contributed by atoms with E-state index in [1.807, 2.05) is 24.3 Å². The summed E-state index contributed by atoms with van der Waals surface area (Å²) in [4.78, 5) is 30.2. The van der Waals surface area contributed by atoms with Gasteiger partial charge in [0.15, 0.2) is 5.82 Å². The molecule has 3 aromatic rings. The van der Waals surface area contributed by atoms with Crippen LogP contribution in [0.5, 0.6) is 0 Å². The Hall–Kier alpha value is -2.96. The van der Waals surface area contributed by atoms with Crippen LogP contribution in [0.15, 0.2) is 29.1 Å². The van der Waals surface area contributed by atoms with Crippen LogP contribution in [0, 0.1) is 6.92 Å². The molecule has 0 atom stereocenters. The second-order valence-corrected chi connectivity index (χ2v) is 7.13. The predicted molar refractivity (Wildman–Crippen MR) is 96.0 cm³/mol. The minimum atomic E-state index is -0.219. The van der Waals surface area contributed by atoms with E-state index in [1.54, 1.807) is 11.8 Å². The molecule has 2 aliphatic rings. The molecule has 7 nitrogen and oxygen atoms in total. The molecular formula is C19H19N5O2. The molecule has 1 saturated carbocycles. The van der Waals surface area contributed by atoms with Gasteiger partial charge in [-0.25, -0.2) is 0 Å². The van der Waals surface area contributed by atoms with Gasteiger partial charge >= 0.3 is 0 Å². The van der Waals surface area contributed by atoms with Gasteiger partial charge in [-0.2, -0.15) is 0 Å². The molecule has 132 valence electrons. The Morgan fingerprint density at radius 1 is 1.19 bits per heavy atom. The van der Waals surface area contributed by atoms with Crippen molar-refractivity contribution in [2.45, 2.75) is 38.8 Å².